The van der Waals surface area contributed by atoms with Crippen LogP contribution in [0.1, 0.15) is 18.9 Å². The van der Waals surface area contributed by atoms with Crippen molar-refractivity contribution < 1.29 is 8.42 Å². The van der Waals surface area contributed by atoms with Gasteiger partial charge in [0.15, 0.2) is 5.82 Å². The van der Waals surface area contributed by atoms with Gasteiger partial charge in [0.05, 0.1) is 36.3 Å². The van der Waals surface area contributed by atoms with Gasteiger partial charge in [-0.1, -0.05) is 5.21 Å². The molecule has 12 nitrogen and oxygen atoms in total. The number of rotatable bonds is 7. The number of aryl methyl sites for hydroxylation is 2. The Labute approximate surface area is 179 Å². The summed E-state index contributed by atoms with van der Waals surface area (Å²) in [5.41, 5.74) is 1.59. The van der Waals surface area contributed by atoms with Crippen molar-refractivity contribution in [3.05, 3.63) is 30.4 Å². The van der Waals surface area contributed by atoms with Crippen LogP contribution in [0.25, 0.3) is 11.3 Å². The van der Waals surface area contributed by atoms with Crippen LogP contribution in [0.15, 0.2) is 24.8 Å². The summed E-state index contributed by atoms with van der Waals surface area (Å²) in [6, 6.07) is 2.16. The molecule has 0 saturated carbocycles. The predicted molar refractivity (Wildman–Crippen MR) is 112 cm³/mol. The van der Waals surface area contributed by atoms with Gasteiger partial charge < -0.3 is 5.32 Å². The molecule has 3 aromatic heterocycles. The van der Waals surface area contributed by atoms with Crippen LogP contribution in [0.4, 0.5) is 11.8 Å². The van der Waals surface area contributed by atoms with E-state index in [-0.39, 0.29) is 25.3 Å². The van der Waals surface area contributed by atoms with Crippen LogP contribution in [-0.4, -0.2) is 66.3 Å². The first kappa shape index (κ1) is 20.9. The first-order valence-corrected chi connectivity index (χ1v) is 11.2. The Balaban J connectivity index is 1.61. The van der Waals surface area contributed by atoms with Gasteiger partial charge in [0.2, 0.25) is 16.0 Å². The fourth-order valence-corrected chi connectivity index (χ4v) is 4.73. The Morgan fingerprint density at radius 1 is 1.29 bits per heavy atom. The molecular weight excluding hydrogens is 420 g/mol. The van der Waals surface area contributed by atoms with E-state index in [4.69, 9.17) is 0 Å². The summed E-state index contributed by atoms with van der Waals surface area (Å²) < 4.78 is 28.9. The summed E-state index contributed by atoms with van der Waals surface area (Å²) in [6.45, 7) is 3.94. The number of anilines is 2. The van der Waals surface area contributed by atoms with Crippen molar-refractivity contribution in [1.29, 1.82) is 5.26 Å². The smallest absolute Gasteiger partial charge is 0.229 e. The van der Waals surface area contributed by atoms with E-state index >= 15 is 0 Å². The molecule has 1 fully saturated rings. The molecule has 0 amide bonds. The zero-order valence-corrected chi connectivity index (χ0v) is 18.2. The second-order valence-corrected chi connectivity index (χ2v) is 9.79. The molecule has 4 rings (SSSR count). The minimum Gasteiger partial charge on any atom is -0.306 e. The minimum absolute atomic E-state index is 0.0295. The maximum Gasteiger partial charge on any atom is 0.229 e. The van der Waals surface area contributed by atoms with Gasteiger partial charge in [-0.05, 0) is 19.4 Å². The van der Waals surface area contributed by atoms with Crippen LogP contribution in [0.3, 0.4) is 0 Å². The van der Waals surface area contributed by atoms with Crippen molar-refractivity contribution in [3.8, 4) is 17.3 Å². The molecule has 0 bridgehead atoms. The number of nitrogens with one attached hydrogen (secondary N) is 1. The third-order valence-electron chi connectivity index (χ3n) is 5.26. The Bertz CT molecular complexity index is 1250. The molecule has 1 N–H and O–H groups in total. The molecule has 162 valence electrons. The van der Waals surface area contributed by atoms with Gasteiger partial charge >= 0.3 is 0 Å². The number of hydrogen-bond donors (Lipinski definition) is 1. The fraction of sp³-hybridized carbons (Fsp3) is 0.444. The van der Waals surface area contributed by atoms with Gasteiger partial charge in [-0.2, -0.15) is 14.7 Å². The van der Waals surface area contributed by atoms with E-state index in [1.165, 1.54) is 4.31 Å². The molecule has 1 aliphatic heterocycles. The van der Waals surface area contributed by atoms with E-state index in [1.54, 1.807) is 48.1 Å². The first-order valence-electron chi connectivity index (χ1n) is 9.63. The molecule has 1 saturated heterocycles. The van der Waals surface area contributed by atoms with Gasteiger partial charge in [0.1, 0.15) is 5.54 Å². The third-order valence-corrected chi connectivity index (χ3v) is 7.04. The zero-order chi connectivity index (χ0) is 22.2. The van der Waals surface area contributed by atoms with E-state index in [2.05, 4.69) is 36.8 Å². The molecule has 0 radical (unpaired) electrons. The molecule has 0 spiro atoms. The molecule has 0 aromatic carbocycles. The Morgan fingerprint density at radius 3 is 2.71 bits per heavy atom. The molecule has 31 heavy (non-hydrogen) atoms. The van der Waals surface area contributed by atoms with Gasteiger partial charge in [-0.25, -0.2) is 18.4 Å². The van der Waals surface area contributed by atoms with Crippen LogP contribution < -0.4 is 5.32 Å². The average Bonchev–Trinajstić information content (AvgIpc) is 3.35. The van der Waals surface area contributed by atoms with Gasteiger partial charge in [0.25, 0.3) is 0 Å². The number of hydrogen-bond acceptors (Lipinski definition) is 9. The van der Waals surface area contributed by atoms with Crippen molar-refractivity contribution in [3.63, 3.8) is 0 Å². The highest BCUT2D eigenvalue weighted by atomic mass is 32.2. The largest absolute Gasteiger partial charge is 0.306 e. The SMILES string of the molecule is CCS(=O)(=O)N1CC(CC#N)(n2cc(-c3nc(Nc4cn(C)nn4)ncc3C)cn2)C1. The van der Waals surface area contributed by atoms with Gasteiger partial charge in [-0.15, -0.1) is 5.10 Å². The molecule has 0 aliphatic carbocycles. The molecule has 0 atom stereocenters. The van der Waals surface area contributed by atoms with Crippen molar-refractivity contribution >= 4 is 21.8 Å². The number of nitrogens with zero attached hydrogens (tertiary/aromatic N) is 9. The Hall–Kier alpha value is -3.37. The topological polar surface area (TPSA) is 148 Å². The average molecular weight is 443 g/mol. The second-order valence-electron chi connectivity index (χ2n) is 7.53. The lowest BCUT2D eigenvalue weighted by atomic mass is 9.89. The monoisotopic (exact) mass is 442 g/mol. The van der Waals surface area contributed by atoms with Crippen LogP contribution in [0.5, 0.6) is 0 Å². The zero-order valence-electron chi connectivity index (χ0n) is 17.4. The molecule has 4 heterocycles. The Kier molecular flexibility index (Phi) is 5.19. The highest BCUT2D eigenvalue weighted by Crippen LogP contribution is 2.35. The molecule has 0 unspecified atom stereocenters. The number of aromatic nitrogens is 7. The van der Waals surface area contributed by atoms with Crippen molar-refractivity contribution in [2.24, 2.45) is 7.05 Å². The summed E-state index contributed by atoms with van der Waals surface area (Å²) in [5, 5.41) is 24.6. The maximum atomic E-state index is 12.1. The number of nitriles is 1. The highest BCUT2D eigenvalue weighted by molar-refractivity contribution is 7.89. The van der Waals surface area contributed by atoms with Gasteiger partial charge in [-0.3, -0.25) is 9.36 Å². The first-order chi connectivity index (χ1) is 14.8. The minimum atomic E-state index is -3.30. The number of sulfonamides is 1. The van der Waals surface area contributed by atoms with Crippen molar-refractivity contribution in [2.75, 3.05) is 24.2 Å². The lowest BCUT2D eigenvalue weighted by Gasteiger charge is -2.47. The normalized spacial score (nSPS) is 15.9. The standard InChI is InChI=1S/C18H22N10O2S/c1-4-31(29,30)27-11-18(12-27,5-6-19)28-9-14(8-21-28)16-13(2)7-20-17(23-16)22-15-10-26(3)25-24-15/h7-10H,4-5,11-12H2,1-3H3,(H,20,22,23). The summed E-state index contributed by atoms with van der Waals surface area (Å²) in [7, 11) is -1.54. The van der Waals surface area contributed by atoms with Crippen LogP contribution >= 0.6 is 0 Å². The van der Waals surface area contributed by atoms with E-state index in [0.29, 0.717) is 17.5 Å². The van der Waals surface area contributed by atoms with E-state index in [9.17, 15) is 13.7 Å². The van der Waals surface area contributed by atoms with E-state index < -0.39 is 15.6 Å². The quantitative estimate of drug-likeness (QED) is 0.561. The van der Waals surface area contributed by atoms with Crippen LogP contribution in [-0.2, 0) is 22.6 Å². The summed E-state index contributed by atoms with van der Waals surface area (Å²) in [5.74, 6) is 0.916. The van der Waals surface area contributed by atoms with E-state index in [0.717, 1.165) is 11.1 Å². The predicted octanol–water partition coefficient (Wildman–Crippen LogP) is 0.795. The van der Waals surface area contributed by atoms with Crippen LogP contribution in [0, 0.1) is 18.3 Å². The highest BCUT2D eigenvalue weighted by Gasteiger charge is 2.49. The summed E-state index contributed by atoms with van der Waals surface area (Å²) in [4.78, 5) is 8.86. The molecule has 3 aromatic rings. The Morgan fingerprint density at radius 2 is 2.06 bits per heavy atom. The van der Waals surface area contributed by atoms with E-state index in [1.807, 2.05) is 6.92 Å². The second kappa shape index (κ2) is 7.71. The fourth-order valence-electron chi connectivity index (χ4n) is 3.49. The molecule has 1 aliphatic rings. The summed E-state index contributed by atoms with van der Waals surface area (Å²) >= 11 is 0. The van der Waals surface area contributed by atoms with Crippen molar-refractivity contribution in [1.82, 2.24) is 39.0 Å². The maximum absolute atomic E-state index is 12.1. The molecular formula is C18H22N10O2S. The lowest BCUT2D eigenvalue weighted by Crippen LogP contribution is -2.64. The molecule has 13 heteroatoms. The lowest BCUT2D eigenvalue weighted by molar-refractivity contribution is 0.0719. The third kappa shape index (κ3) is 3.87. The van der Waals surface area contributed by atoms with Crippen molar-refractivity contribution in [2.45, 2.75) is 25.8 Å². The van der Waals surface area contributed by atoms with Crippen LogP contribution in [0.2, 0.25) is 0 Å². The van der Waals surface area contributed by atoms with Gasteiger partial charge in [0, 0.05) is 38.1 Å². The summed E-state index contributed by atoms with van der Waals surface area (Å²) in [6.07, 6.45) is 7.03.